The first-order valence-electron chi connectivity index (χ1n) is 7.94. The fourth-order valence-electron chi connectivity index (χ4n) is 3.26. The van der Waals surface area contributed by atoms with Crippen molar-refractivity contribution in [2.75, 3.05) is 5.32 Å². The van der Waals surface area contributed by atoms with Crippen LogP contribution in [0.5, 0.6) is 0 Å². The molecule has 1 N–H and O–H groups in total. The van der Waals surface area contributed by atoms with Crippen LogP contribution in [0.3, 0.4) is 0 Å². The van der Waals surface area contributed by atoms with Crippen molar-refractivity contribution in [2.24, 2.45) is 0 Å². The van der Waals surface area contributed by atoms with Gasteiger partial charge in [0.15, 0.2) is 0 Å². The first kappa shape index (κ1) is 15.8. The number of halogens is 2. The average molecular weight is 356 g/mol. The van der Waals surface area contributed by atoms with Gasteiger partial charge in [-0.2, -0.15) is 5.10 Å². The summed E-state index contributed by atoms with van der Waals surface area (Å²) >= 11 is 6.21. The van der Waals surface area contributed by atoms with Crippen LogP contribution in [-0.4, -0.2) is 15.7 Å². The van der Waals surface area contributed by atoms with E-state index in [4.69, 9.17) is 11.6 Å². The van der Waals surface area contributed by atoms with Gasteiger partial charge >= 0.3 is 0 Å². The summed E-state index contributed by atoms with van der Waals surface area (Å²) in [6, 6.07) is 12.1. The number of anilines is 1. The number of nitrogens with one attached hydrogen (secondary N) is 1. The SMILES string of the molecule is Cc1c(Cl)cccc1-n1ncc2c1NC(=O)CC2c1ccccc1F. The Hall–Kier alpha value is -2.66. The third kappa shape index (κ3) is 2.61. The highest BCUT2D eigenvalue weighted by Gasteiger charge is 2.32. The molecule has 2 aromatic carbocycles. The van der Waals surface area contributed by atoms with Gasteiger partial charge in [-0.3, -0.25) is 4.79 Å². The van der Waals surface area contributed by atoms with Crippen molar-refractivity contribution >= 4 is 23.3 Å². The molecule has 0 saturated heterocycles. The summed E-state index contributed by atoms with van der Waals surface area (Å²) in [7, 11) is 0. The van der Waals surface area contributed by atoms with Crippen LogP contribution < -0.4 is 5.32 Å². The molecule has 4 nitrogen and oxygen atoms in total. The summed E-state index contributed by atoms with van der Waals surface area (Å²) in [6.45, 7) is 1.89. The zero-order valence-electron chi connectivity index (χ0n) is 13.5. The molecule has 0 fully saturated rings. The number of benzene rings is 2. The Kier molecular flexibility index (Phi) is 3.81. The smallest absolute Gasteiger partial charge is 0.226 e. The number of aromatic nitrogens is 2. The number of amides is 1. The van der Waals surface area contributed by atoms with E-state index in [1.807, 2.05) is 19.1 Å². The Balaban J connectivity index is 1.88. The van der Waals surface area contributed by atoms with E-state index in [1.165, 1.54) is 6.07 Å². The van der Waals surface area contributed by atoms with Gasteiger partial charge in [-0.15, -0.1) is 0 Å². The molecule has 1 unspecified atom stereocenters. The lowest BCUT2D eigenvalue weighted by atomic mass is 9.87. The number of carbonyl (C=O) groups is 1. The standard InChI is InChI=1S/C19H15ClFN3O/c1-11-15(20)6-4-8-17(11)24-19-14(10-22-24)13(9-18(25)23-19)12-5-2-3-7-16(12)21/h2-8,10,13H,9H2,1H3,(H,23,25). The molecule has 0 aliphatic carbocycles. The number of hydrogen-bond acceptors (Lipinski definition) is 2. The van der Waals surface area contributed by atoms with Gasteiger partial charge in [-0.1, -0.05) is 35.9 Å². The molecular weight excluding hydrogens is 341 g/mol. The van der Waals surface area contributed by atoms with Crippen LogP contribution >= 0.6 is 11.6 Å². The Labute approximate surface area is 149 Å². The number of carbonyl (C=O) groups excluding carboxylic acids is 1. The molecule has 1 aliphatic rings. The highest BCUT2D eigenvalue weighted by atomic mass is 35.5. The van der Waals surface area contributed by atoms with Gasteiger partial charge in [-0.25, -0.2) is 9.07 Å². The van der Waals surface area contributed by atoms with Gasteiger partial charge < -0.3 is 5.32 Å². The molecule has 3 aromatic rings. The second kappa shape index (κ2) is 6.01. The maximum atomic E-state index is 14.3. The molecule has 25 heavy (non-hydrogen) atoms. The maximum absolute atomic E-state index is 14.3. The van der Waals surface area contributed by atoms with Crippen LogP contribution in [0.15, 0.2) is 48.7 Å². The molecule has 2 heterocycles. The summed E-state index contributed by atoms with van der Waals surface area (Å²) in [4.78, 5) is 12.3. The van der Waals surface area contributed by atoms with E-state index in [1.54, 1.807) is 35.1 Å². The quantitative estimate of drug-likeness (QED) is 0.738. The second-order valence-corrected chi connectivity index (χ2v) is 6.48. The summed E-state index contributed by atoms with van der Waals surface area (Å²) in [6.07, 6.45) is 1.88. The zero-order valence-corrected chi connectivity index (χ0v) is 14.2. The lowest BCUT2D eigenvalue weighted by molar-refractivity contribution is -0.116. The predicted octanol–water partition coefficient (Wildman–Crippen LogP) is 4.45. The summed E-state index contributed by atoms with van der Waals surface area (Å²) in [5.41, 5.74) is 2.94. The molecule has 4 rings (SSSR count). The molecule has 1 amide bonds. The molecule has 0 saturated carbocycles. The number of nitrogens with zero attached hydrogens (tertiary/aromatic N) is 2. The van der Waals surface area contributed by atoms with Crippen molar-refractivity contribution in [3.63, 3.8) is 0 Å². The second-order valence-electron chi connectivity index (χ2n) is 6.07. The van der Waals surface area contributed by atoms with Crippen molar-refractivity contribution in [1.29, 1.82) is 0 Å². The van der Waals surface area contributed by atoms with Crippen molar-refractivity contribution in [3.8, 4) is 5.69 Å². The van der Waals surface area contributed by atoms with Crippen molar-refractivity contribution in [3.05, 3.63) is 76.2 Å². The first-order valence-corrected chi connectivity index (χ1v) is 8.31. The molecule has 6 heteroatoms. The van der Waals surface area contributed by atoms with Crippen molar-refractivity contribution in [1.82, 2.24) is 9.78 Å². The molecule has 126 valence electrons. The summed E-state index contributed by atoms with van der Waals surface area (Å²) in [5.74, 6) is -0.282. The minimum atomic E-state index is -0.363. The first-order chi connectivity index (χ1) is 12.1. The topological polar surface area (TPSA) is 46.9 Å². The largest absolute Gasteiger partial charge is 0.310 e. The Morgan fingerprint density at radius 2 is 2.00 bits per heavy atom. The van der Waals surface area contributed by atoms with Gasteiger partial charge in [0.25, 0.3) is 0 Å². The monoisotopic (exact) mass is 355 g/mol. The highest BCUT2D eigenvalue weighted by molar-refractivity contribution is 6.31. The predicted molar refractivity (Wildman–Crippen MR) is 94.8 cm³/mol. The van der Waals surface area contributed by atoms with Crippen LogP contribution in [0.4, 0.5) is 10.2 Å². The Morgan fingerprint density at radius 3 is 2.80 bits per heavy atom. The lowest BCUT2D eigenvalue weighted by Gasteiger charge is -2.24. The minimum Gasteiger partial charge on any atom is -0.310 e. The van der Waals surface area contributed by atoms with Gasteiger partial charge in [0, 0.05) is 22.9 Å². The van der Waals surface area contributed by atoms with Crippen LogP contribution in [0.25, 0.3) is 5.69 Å². The summed E-state index contributed by atoms with van der Waals surface area (Å²) in [5, 5.41) is 7.92. The fraction of sp³-hybridized carbons (Fsp3) is 0.158. The van der Waals surface area contributed by atoms with E-state index in [0.29, 0.717) is 16.4 Å². The summed E-state index contributed by atoms with van der Waals surface area (Å²) < 4.78 is 15.9. The number of fused-ring (bicyclic) bond motifs is 1. The van der Waals surface area contributed by atoms with E-state index in [0.717, 1.165) is 16.8 Å². The minimum absolute atomic E-state index is 0.165. The van der Waals surface area contributed by atoms with Gasteiger partial charge in [-0.05, 0) is 36.2 Å². The normalized spacial score (nSPS) is 16.4. The molecule has 1 aliphatic heterocycles. The highest BCUT2D eigenvalue weighted by Crippen LogP contribution is 2.39. The molecule has 0 bridgehead atoms. The average Bonchev–Trinajstić information content (AvgIpc) is 3.01. The van der Waals surface area contributed by atoms with Crippen molar-refractivity contribution < 1.29 is 9.18 Å². The van der Waals surface area contributed by atoms with E-state index in [2.05, 4.69) is 10.4 Å². The number of hydrogen-bond donors (Lipinski definition) is 1. The van der Waals surface area contributed by atoms with Gasteiger partial charge in [0.2, 0.25) is 5.91 Å². The molecule has 0 spiro atoms. The van der Waals surface area contributed by atoms with Gasteiger partial charge in [0.05, 0.1) is 11.9 Å². The molecule has 0 radical (unpaired) electrons. The van der Waals surface area contributed by atoms with Crippen molar-refractivity contribution in [2.45, 2.75) is 19.3 Å². The maximum Gasteiger partial charge on any atom is 0.226 e. The van der Waals surface area contributed by atoms with E-state index in [9.17, 15) is 9.18 Å². The Bertz CT molecular complexity index is 983. The lowest BCUT2D eigenvalue weighted by Crippen LogP contribution is -2.25. The Morgan fingerprint density at radius 1 is 1.20 bits per heavy atom. The third-order valence-corrected chi connectivity index (χ3v) is 4.98. The molecular formula is C19H15ClFN3O. The van der Waals surface area contributed by atoms with E-state index < -0.39 is 0 Å². The third-order valence-electron chi connectivity index (χ3n) is 4.57. The molecule has 1 atom stereocenters. The molecule has 1 aromatic heterocycles. The number of rotatable bonds is 2. The van der Waals surface area contributed by atoms with E-state index >= 15 is 0 Å². The van der Waals surface area contributed by atoms with E-state index in [-0.39, 0.29) is 24.1 Å². The van der Waals surface area contributed by atoms with Crippen LogP contribution in [-0.2, 0) is 4.79 Å². The fourth-order valence-corrected chi connectivity index (χ4v) is 3.43. The van der Waals surface area contributed by atoms with Crippen LogP contribution in [0.1, 0.15) is 29.0 Å². The van der Waals surface area contributed by atoms with Crippen LogP contribution in [0.2, 0.25) is 5.02 Å². The van der Waals surface area contributed by atoms with Crippen LogP contribution in [0, 0.1) is 12.7 Å². The zero-order chi connectivity index (χ0) is 17.6. The van der Waals surface area contributed by atoms with Gasteiger partial charge in [0.1, 0.15) is 11.6 Å².